The van der Waals surface area contributed by atoms with Crippen LogP contribution in [0.4, 0.5) is 17.1 Å². The van der Waals surface area contributed by atoms with E-state index in [0.29, 0.717) is 0 Å². The van der Waals surface area contributed by atoms with Gasteiger partial charge in [0.1, 0.15) is 0 Å². The lowest BCUT2D eigenvalue weighted by molar-refractivity contribution is 0.660. The van der Waals surface area contributed by atoms with Crippen molar-refractivity contribution in [1.29, 1.82) is 0 Å². The summed E-state index contributed by atoms with van der Waals surface area (Å²) in [6.45, 7) is 4.72. The minimum absolute atomic E-state index is 0.116. The lowest BCUT2D eigenvalue weighted by Crippen LogP contribution is -2.16. The van der Waals surface area contributed by atoms with E-state index in [-0.39, 0.29) is 5.41 Å². The maximum atomic E-state index is 2.46. The minimum atomic E-state index is -0.116. The van der Waals surface area contributed by atoms with Crippen molar-refractivity contribution in [1.82, 2.24) is 0 Å². The van der Waals surface area contributed by atoms with Gasteiger partial charge < -0.3 is 4.90 Å². The van der Waals surface area contributed by atoms with E-state index in [1.54, 1.807) is 0 Å². The Morgan fingerprint density at radius 3 is 1.79 bits per heavy atom. The fourth-order valence-corrected chi connectivity index (χ4v) is 9.43. The number of rotatable bonds is 5. The molecule has 1 aliphatic carbocycles. The van der Waals surface area contributed by atoms with E-state index in [1.165, 1.54) is 87.6 Å². The van der Waals surface area contributed by atoms with Crippen molar-refractivity contribution in [3.63, 3.8) is 0 Å². The molecule has 0 saturated heterocycles. The number of fused-ring (bicyclic) bond motifs is 9. The highest BCUT2D eigenvalue weighted by Gasteiger charge is 2.36. The molecule has 11 rings (SSSR count). The van der Waals surface area contributed by atoms with Crippen LogP contribution in [0.5, 0.6) is 0 Å². The first-order valence-electron chi connectivity index (χ1n) is 19.6. The molecule has 0 radical (unpaired) electrons. The predicted molar refractivity (Wildman–Crippen MR) is 240 cm³/mol. The van der Waals surface area contributed by atoms with Crippen molar-refractivity contribution in [3.8, 4) is 33.4 Å². The summed E-state index contributed by atoms with van der Waals surface area (Å²) in [7, 11) is 0. The van der Waals surface area contributed by atoms with Crippen LogP contribution in [0.2, 0.25) is 0 Å². The Hall–Kier alpha value is -6.96. The molecular formula is C55H39N. The fourth-order valence-electron chi connectivity index (χ4n) is 9.43. The van der Waals surface area contributed by atoms with Crippen LogP contribution in [0.3, 0.4) is 0 Å². The molecule has 0 aromatic heterocycles. The maximum Gasteiger partial charge on any atom is 0.0540 e. The van der Waals surface area contributed by atoms with Crippen molar-refractivity contribution < 1.29 is 0 Å². The van der Waals surface area contributed by atoms with Crippen molar-refractivity contribution >= 4 is 60.2 Å². The topological polar surface area (TPSA) is 3.24 Å². The lowest BCUT2D eigenvalue weighted by atomic mass is 9.82. The standard InChI is InChI=1S/C55H39N/c1-55(2)51-21-11-9-20-47(51)48-32-30-43(35-52(48)55)56(53-22-12-10-18-45(53)41-24-23-36-13-3-4-15-39(36)33-41)42-28-25-38(26-29-42)50-34-40-16-6-7-17-44(40)49-31-27-37-14-5-8-19-46(37)54(49)50/h3-35H,1-2H3. The van der Waals surface area contributed by atoms with E-state index in [0.717, 1.165) is 17.1 Å². The molecular weight excluding hydrogens is 675 g/mol. The molecule has 0 spiro atoms. The maximum absolute atomic E-state index is 2.46. The van der Waals surface area contributed by atoms with E-state index in [1.807, 2.05) is 0 Å². The molecule has 0 heterocycles. The Labute approximate surface area is 327 Å². The number of hydrogen-bond donors (Lipinski definition) is 0. The largest absolute Gasteiger partial charge is 0.310 e. The molecule has 0 N–H and O–H groups in total. The molecule has 1 nitrogen and oxygen atoms in total. The van der Waals surface area contributed by atoms with Crippen molar-refractivity contribution in [2.24, 2.45) is 0 Å². The monoisotopic (exact) mass is 713 g/mol. The lowest BCUT2D eigenvalue weighted by Gasteiger charge is -2.30. The number of anilines is 3. The van der Waals surface area contributed by atoms with Crippen LogP contribution in [0, 0.1) is 0 Å². The second kappa shape index (κ2) is 12.5. The van der Waals surface area contributed by atoms with Gasteiger partial charge in [-0.3, -0.25) is 0 Å². The summed E-state index contributed by atoms with van der Waals surface area (Å²) in [6, 6.07) is 74.1. The number of hydrogen-bond acceptors (Lipinski definition) is 1. The van der Waals surface area contributed by atoms with Gasteiger partial charge in [-0.15, -0.1) is 0 Å². The van der Waals surface area contributed by atoms with Gasteiger partial charge in [0, 0.05) is 22.4 Å². The zero-order chi connectivity index (χ0) is 37.4. The summed E-state index contributed by atoms with van der Waals surface area (Å²) in [5.74, 6) is 0. The third kappa shape index (κ3) is 5.01. The van der Waals surface area contributed by atoms with Crippen LogP contribution in [-0.4, -0.2) is 0 Å². The summed E-state index contributed by atoms with van der Waals surface area (Å²) >= 11 is 0. The first kappa shape index (κ1) is 32.5. The van der Waals surface area contributed by atoms with Gasteiger partial charge in [-0.05, 0) is 124 Å². The van der Waals surface area contributed by atoms with Gasteiger partial charge >= 0.3 is 0 Å². The smallest absolute Gasteiger partial charge is 0.0540 e. The molecule has 0 amide bonds. The molecule has 0 atom stereocenters. The quantitative estimate of drug-likeness (QED) is 0.161. The second-order valence-electron chi connectivity index (χ2n) is 15.7. The van der Waals surface area contributed by atoms with Gasteiger partial charge in [0.25, 0.3) is 0 Å². The van der Waals surface area contributed by atoms with E-state index >= 15 is 0 Å². The van der Waals surface area contributed by atoms with Crippen LogP contribution < -0.4 is 4.90 Å². The first-order chi connectivity index (χ1) is 27.5. The summed E-state index contributed by atoms with van der Waals surface area (Å²) < 4.78 is 0. The third-order valence-electron chi connectivity index (χ3n) is 12.2. The molecule has 10 aromatic carbocycles. The second-order valence-corrected chi connectivity index (χ2v) is 15.7. The van der Waals surface area contributed by atoms with Crippen LogP contribution in [0.25, 0.3) is 76.5 Å². The van der Waals surface area contributed by atoms with Gasteiger partial charge in [-0.2, -0.15) is 0 Å². The summed E-state index contributed by atoms with van der Waals surface area (Å²) in [5, 5.41) is 10.1. The SMILES string of the molecule is CC1(C)c2ccccc2-c2ccc(N(c3ccc(-c4cc5ccccc5c5ccc6ccccc6c45)cc3)c3ccccc3-c3ccc4ccccc4c3)cc21. The Morgan fingerprint density at radius 2 is 0.946 bits per heavy atom. The van der Waals surface area contributed by atoms with E-state index in [2.05, 4.69) is 219 Å². The zero-order valence-corrected chi connectivity index (χ0v) is 31.5. The number of nitrogens with zero attached hydrogens (tertiary/aromatic N) is 1. The predicted octanol–water partition coefficient (Wildman–Crippen LogP) is 15.4. The molecule has 1 aliphatic rings. The first-order valence-corrected chi connectivity index (χ1v) is 19.6. The molecule has 0 unspecified atom stereocenters. The highest BCUT2D eigenvalue weighted by atomic mass is 15.1. The van der Waals surface area contributed by atoms with Gasteiger partial charge in [-0.25, -0.2) is 0 Å². The van der Waals surface area contributed by atoms with E-state index in [9.17, 15) is 0 Å². The number of benzene rings is 10. The van der Waals surface area contributed by atoms with Gasteiger partial charge in [-0.1, -0.05) is 172 Å². The fraction of sp³-hybridized carbons (Fsp3) is 0.0545. The Morgan fingerprint density at radius 1 is 0.339 bits per heavy atom. The Kier molecular flexibility index (Phi) is 7.28. The number of para-hydroxylation sites is 1. The molecule has 0 bridgehead atoms. The molecule has 0 aliphatic heterocycles. The Bertz CT molecular complexity index is 3170. The van der Waals surface area contributed by atoms with E-state index in [4.69, 9.17) is 0 Å². The summed E-state index contributed by atoms with van der Waals surface area (Å²) in [4.78, 5) is 2.46. The molecule has 56 heavy (non-hydrogen) atoms. The van der Waals surface area contributed by atoms with Crippen LogP contribution in [0.1, 0.15) is 25.0 Å². The summed E-state index contributed by atoms with van der Waals surface area (Å²) in [5.41, 5.74) is 13.5. The van der Waals surface area contributed by atoms with Gasteiger partial charge in [0.15, 0.2) is 0 Å². The van der Waals surface area contributed by atoms with Crippen LogP contribution >= 0.6 is 0 Å². The van der Waals surface area contributed by atoms with Gasteiger partial charge in [0.05, 0.1) is 5.69 Å². The highest BCUT2D eigenvalue weighted by molar-refractivity contribution is 6.23. The minimum Gasteiger partial charge on any atom is -0.310 e. The van der Waals surface area contributed by atoms with Crippen molar-refractivity contribution in [2.45, 2.75) is 19.3 Å². The normalized spacial score (nSPS) is 13.0. The van der Waals surface area contributed by atoms with Crippen LogP contribution in [0.15, 0.2) is 200 Å². The summed E-state index contributed by atoms with van der Waals surface area (Å²) in [6.07, 6.45) is 0. The van der Waals surface area contributed by atoms with Gasteiger partial charge in [0.2, 0.25) is 0 Å². The molecule has 264 valence electrons. The highest BCUT2D eigenvalue weighted by Crippen LogP contribution is 2.51. The van der Waals surface area contributed by atoms with E-state index < -0.39 is 0 Å². The van der Waals surface area contributed by atoms with Crippen LogP contribution in [-0.2, 0) is 5.41 Å². The Balaban J connectivity index is 1.12. The molecule has 10 aromatic rings. The van der Waals surface area contributed by atoms with Crippen molar-refractivity contribution in [3.05, 3.63) is 211 Å². The molecule has 1 heteroatoms. The molecule has 0 saturated carbocycles. The molecule has 0 fully saturated rings. The average molecular weight is 714 g/mol. The van der Waals surface area contributed by atoms with Crippen molar-refractivity contribution in [2.75, 3.05) is 4.90 Å². The third-order valence-corrected chi connectivity index (χ3v) is 12.2. The zero-order valence-electron chi connectivity index (χ0n) is 31.5. The average Bonchev–Trinajstić information content (AvgIpc) is 3.49.